The molecule has 0 saturated heterocycles. The molecule has 0 saturated carbocycles. The quantitative estimate of drug-likeness (QED) is 0.739. The van der Waals surface area contributed by atoms with Crippen LogP contribution in [-0.2, 0) is 17.0 Å². The molecule has 4 heteroatoms. The van der Waals surface area contributed by atoms with Gasteiger partial charge >= 0.3 is 0 Å². The van der Waals surface area contributed by atoms with Crippen LogP contribution in [0.2, 0.25) is 0 Å². The van der Waals surface area contributed by atoms with Gasteiger partial charge in [-0.25, -0.2) is 0 Å². The predicted octanol–water partition coefficient (Wildman–Crippen LogP) is 3.90. The van der Waals surface area contributed by atoms with Crippen LogP contribution in [0.25, 0.3) is 0 Å². The van der Waals surface area contributed by atoms with Crippen molar-refractivity contribution in [3.05, 3.63) is 64.7 Å². The van der Waals surface area contributed by atoms with E-state index in [0.29, 0.717) is 13.0 Å². The number of hydrogen-bond acceptors (Lipinski definition) is 3. The zero-order valence-corrected chi connectivity index (χ0v) is 15.4. The van der Waals surface area contributed by atoms with E-state index < -0.39 is 0 Å². The number of thioether (sulfide) groups is 1. The maximum absolute atomic E-state index is 12.0. The number of rotatable bonds is 8. The Bertz CT molecular complexity index is 685. The summed E-state index contributed by atoms with van der Waals surface area (Å²) >= 11 is 1.84. The highest BCUT2D eigenvalue weighted by Crippen LogP contribution is 2.18. The fourth-order valence-electron chi connectivity index (χ4n) is 2.55. The maximum atomic E-state index is 12.0. The lowest BCUT2D eigenvalue weighted by Gasteiger charge is -2.08. The van der Waals surface area contributed by atoms with Crippen molar-refractivity contribution in [1.29, 1.82) is 0 Å². The Labute approximate surface area is 148 Å². The molecule has 2 aromatic carbocycles. The Balaban J connectivity index is 1.67. The van der Waals surface area contributed by atoms with Gasteiger partial charge in [0, 0.05) is 18.1 Å². The third kappa shape index (κ3) is 5.93. The van der Waals surface area contributed by atoms with E-state index in [1.165, 1.54) is 11.1 Å². The van der Waals surface area contributed by atoms with Crippen LogP contribution < -0.4 is 10.1 Å². The summed E-state index contributed by atoms with van der Waals surface area (Å²) in [5.74, 6) is 2.82. The lowest BCUT2D eigenvalue weighted by Crippen LogP contribution is -2.27. The Morgan fingerprint density at radius 1 is 1.12 bits per heavy atom. The lowest BCUT2D eigenvalue weighted by atomic mass is 10.1. The predicted molar refractivity (Wildman–Crippen MR) is 102 cm³/mol. The van der Waals surface area contributed by atoms with Crippen LogP contribution in [0.15, 0.2) is 42.5 Å². The van der Waals surface area contributed by atoms with E-state index in [9.17, 15) is 4.79 Å². The fourth-order valence-corrected chi connectivity index (χ4v) is 3.36. The van der Waals surface area contributed by atoms with Gasteiger partial charge in [-0.2, -0.15) is 11.8 Å². The van der Waals surface area contributed by atoms with E-state index in [-0.39, 0.29) is 5.91 Å². The van der Waals surface area contributed by atoms with E-state index in [1.54, 1.807) is 7.11 Å². The molecule has 2 rings (SSSR count). The summed E-state index contributed by atoms with van der Waals surface area (Å²) in [4.78, 5) is 12.0. The van der Waals surface area contributed by atoms with Crippen LogP contribution >= 0.6 is 11.8 Å². The minimum atomic E-state index is 0.0655. The van der Waals surface area contributed by atoms with Crippen LogP contribution in [-0.4, -0.2) is 25.3 Å². The summed E-state index contributed by atoms with van der Waals surface area (Å²) in [5.41, 5.74) is 4.69. The Kier molecular flexibility index (Phi) is 7.19. The second-order valence-corrected chi connectivity index (χ2v) is 6.98. The molecule has 0 aliphatic rings. The van der Waals surface area contributed by atoms with Crippen molar-refractivity contribution in [3.63, 3.8) is 0 Å². The van der Waals surface area contributed by atoms with E-state index in [0.717, 1.165) is 28.4 Å². The second kappa shape index (κ2) is 9.38. The SMILES string of the molecule is COc1ccc(CC(=O)NCCSCc2cccc(C)c2)cc1C. The summed E-state index contributed by atoms with van der Waals surface area (Å²) in [6.07, 6.45) is 0.410. The van der Waals surface area contributed by atoms with Crippen LogP contribution in [0.3, 0.4) is 0 Å². The van der Waals surface area contributed by atoms with Crippen molar-refractivity contribution in [1.82, 2.24) is 5.32 Å². The average molecular weight is 343 g/mol. The summed E-state index contributed by atoms with van der Waals surface area (Å²) in [6, 6.07) is 14.4. The van der Waals surface area contributed by atoms with Crippen molar-refractivity contribution in [2.75, 3.05) is 19.4 Å². The van der Waals surface area contributed by atoms with Gasteiger partial charge in [0.1, 0.15) is 5.75 Å². The van der Waals surface area contributed by atoms with E-state index in [4.69, 9.17) is 4.74 Å². The standard InChI is InChI=1S/C20H25NO2S/c1-15-5-4-6-18(11-15)14-24-10-9-21-20(22)13-17-7-8-19(23-3)16(2)12-17/h4-8,11-12H,9-10,13-14H2,1-3H3,(H,21,22). The Morgan fingerprint density at radius 3 is 2.67 bits per heavy atom. The minimum Gasteiger partial charge on any atom is -0.496 e. The highest BCUT2D eigenvalue weighted by molar-refractivity contribution is 7.98. The van der Waals surface area contributed by atoms with E-state index in [2.05, 4.69) is 36.5 Å². The number of methoxy groups -OCH3 is 1. The zero-order chi connectivity index (χ0) is 17.4. The first-order valence-corrected chi connectivity index (χ1v) is 9.27. The van der Waals surface area contributed by atoms with Gasteiger partial charge in [-0.3, -0.25) is 4.79 Å². The molecule has 128 valence electrons. The molecule has 2 aromatic rings. The molecule has 0 spiro atoms. The summed E-state index contributed by atoms with van der Waals surface area (Å²) < 4.78 is 5.24. The van der Waals surface area contributed by atoms with Crippen molar-refractivity contribution in [2.45, 2.75) is 26.0 Å². The van der Waals surface area contributed by atoms with Gasteiger partial charge < -0.3 is 10.1 Å². The number of ether oxygens (including phenoxy) is 1. The normalized spacial score (nSPS) is 10.5. The average Bonchev–Trinajstić information content (AvgIpc) is 2.55. The largest absolute Gasteiger partial charge is 0.496 e. The van der Waals surface area contributed by atoms with Crippen molar-refractivity contribution in [3.8, 4) is 5.75 Å². The Morgan fingerprint density at radius 2 is 1.96 bits per heavy atom. The van der Waals surface area contributed by atoms with Gasteiger partial charge in [-0.15, -0.1) is 0 Å². The number of nitrogens with one attached hydrogen (secondary N) is 1. The molecule has 24 heavy (non-hydrogen) atoms. The monoisotopic (exact) mass is 343 g/mol. The molecule has 0 bridgehead atoms. The molecule has 0 aliphatic carbocycles. The van der Waals surface area contributed by atoms with Crippen LogP contribution in [0, 0.1) is 13.8 Å². The minimum absolute atomic E-state index is 0.0655. The first kappa shape index (κ1) is 18.4. The molecule has 0 fully saturated rings. The molecular weight excluding hydrogens is 318 g/mol. The first-order chi connectivity index (χ1) is 11.6. The fraction of sp³-hybridized carbons (Fsp3) is 0.350. The highest BCUT2D eigenvalue weighted by Gasteiger charge is 2.05. The third-order valence-corrected chi connectivity index (χ3v) is 4.77. The molecule has 0 radical (unpaired) electrons. The van der Waals surface area contributed by atoms with Crippen molar-refractivity contribution >= 4 is 17.7 Å². The van der Waals surface area contributed by atoms with Crippen molar-refractivity contribution in [2.24, 2.45) is 0 Å². The summed E-state index contributed by atoms with van der Waals surface area (Å²) in [6.45, 7) is 4.79. The number of carbonyl (C=O) groups excluding carboxylic acids is 1. The van der Waals surface area contributed by atoms with Gasteiger partial charge in [0.05, 0.1) is 13.5 Å². The smallest absolute Gasteiger partial charge is 0.224 e. The van der Waals surface area contributed by atoms with Crippen LogP contribution in [0.4, 0.5) is 0 Å². The number of amides is 1. The first-order valence-electron chi connectivity index (χ1n) is 8.12. The molecule has 3 nitrogen and oxygen atoms in total. The second-order valence-electron chi connectivity index (χ2n) is 5.87. The lowest BCUT2D eigenvalue weighted by molar-refractivity contribution is -0.120. The molecule has 0 atom stereocenters. The maximum Gasteiger partial charge on any atom is 0.224 e. The molecule has 0 aliphatic heterocycles. The Hall–Kier alpha value is -1.94. The van der Waals surface area contributed by atoms with E-state index in [1.807, 2.05) is 36.9 Å². The van der Waals surface area contributed by atoms with Gasteiger partial charge in [0.2, 0.25) is 5.91 Å². The van der Waals surface area contributed by atoms with Gasteiger partial charge in [0.25, 0.3) is 0 Å². The van der Waals surface area contributed by atoms with E-state index >= 15 is 0 Å². The molecule has 0 heterocycles. The number of hydrogen-bond donors (Lipinski definition) is 1. The number of benzene rings is 2. The molecule has 0 aromatic heterocycles. The third-order valence-electron chi connectivity index (χ3n) is 3.74. The molecule has 1 N–H and O–H groups in total. The van der Waals surface area contributed by atoms with Gasteiger partial charge in [0.15, 0.2) is 0 Å². The molecular formula is C20H25NO2S. The van der Waals surface area contributed by atoms with Gasteiger partial charge in [-0.05, 0) is 36.6 Å². The molecule has 0 unspecified atom stereocenters. The number of carbonyl (C=O) groups is 1. The van der Waals surface area contributed by atoms with Crippen molar-refractivity contribution < 1.29 is 9.53 Å². The summed E-state index contributed by atoms with van der Waals surface area (Å²) in [5, 5.41) is 2.99. The highest BCUT2D eigenvalue weighted by atomic mass is 32.2. The molecule has 1 amide bonds. The zero-order valence-electron chi connectivity index (χ0n) is 14.6. The number of aryl methyl sites for hydroxylation is 2. The van der Waals surface area contributed by atoms with Crippen LogP contribution in [0.1, 0.15) is 22.3 Å². The summed E-state index contributed by atoms with van der Waals surface area (Å²) in [7, 11) is 1.66. The van der Waals surface area contributed by atoms with Gasteiger partial charge in [-0.1, -0.05) is 42.0 Å². The topological polar surface area (TPSA) is 38.3 Å². The van der Waals surface area contributed by atoms with Crippen LogP contribution in [0.5, 0.6) is 5.75 Å².